The molecule has 1 aromatic rings. The second-order valence-electron chi connectivity index (χ2n) is 2.72. The smallest absolute Gasteiger partial charge is 0.318 e. The summed E-state index contributed by atoms with van der Waals surface area (Å²) >= 11 is 0. The summed E-state index contributed by atoms with van der Waals surface area (Å²) in [6.45, 7) is 0. The highest BCUT2D eigenvalue weighted by Gasteiger charge is 2.24. The second kappa shape index (κ2) is 4.94. The number of ether oxygens (including phenoxy) is 1. The Hall–Kier alpha value is -2.62. The molecule has 0 radical (unpaired) electrons. The molecule has 0 unspecified atom stereocenters. The fraction of sp³-hybridized carbons (Fsp3) is 0.143. The second-order valence-corrected chi connectivity index (χ2v) is 2.72. The van der Waals surface area contributed by atoms with Crippen molar-refractivity contribution in [1.82, 2.24) is 0 Å². The molecule has 0 aliphatic heterocycles. The average molecular weight is 244 g/mol. The number of nitrogens with two attached hydrogens (primary N) is 1. The van der Waals surface area contributed by atoms with E-state index in [1.807, 2.05) is 0 Å². The molecule has 0 saturated carbocycles. The minimum atomic E-state index is -1.20. The lowest BCUT2D eigenvalue weighted by Crippen LogP contribution is -2.34. The minimum absolute atomic E-state index is 0.0245. The number of benzene rings is 1. The van der Waals surface area contributed by atoms with E-state index < -0.39 is 15.7 Å². The number of methoxy groups -OCH3 is 1. The van der Waals surface area contributed by atoms with Gasteiger partial charge < -0.3 is 4.74 Å². The molecule has 0 fully saturated rings. The minimum Gasteiger partial charge on any atom is -0.494 e. The predicted molar refractivity (Wildman–Crippen MR) is 54.4 cm³/mol. The average Bonchev–Trinajstić information content (AvgIpc) is 2.26. The van der Waals surface area contributed by atoms with Crippen LogP contribution in [0.2, 0.25) is 0 Å². The third-order valence-corrected chi connectivity index (χ3v) is 1.77. The van der Waals surface area contributed by atoms with E-state index in [2.05, 4.69) is 4.94 Å². The van der Waals surface area contributed by atoms with Gasteiger partial charge in [-0.25, -0.2) is 5.84 Å². The highest BCUT2D eigenvalue weighted by atomic mass is 17.0. The Morgan fingerprint density at radius 2 is 2.00 bits per heavy atom. The molecule has 1 aromatic carbocycles. The summed E-state index contributed by atoms with van der Waals surface area (Å²) < 4.78 is 4.81. The van der Waals surface area contributed by atoms with Crippen LogP contribution in [0, 0.1) is 20.2 Å². The van der Waals surface area contributed by atoms with E-state index >= 15 is 0 Å². The summed E-state index contributed by atoms with van der Waals surface area (Å²) in [5.74, 6) is 5.17. The Morgan fingerprint density at radius 1 is 1.35 bits per heavy atom. The molecule has 0 heterocycles. The van der Waals surface area contributed by atoms with Crippen LogP contribution in [0.1, 0.15) is 0 Å². The van der Waals surface area contributed by atoms with E-state index in [-0.39, 0.29) is 16.6 Å². The van der Waals surface area contributed by atoms with E-state index in [4.69, 9.17) is 10.6 Å². The van der Waals surface area contributed by atoms with Crippen molar-refractivity contribution in [1.29, 1.82) is 0 Å². The van der Waals surface area contributed by atoms with Crippen LogP contribution in [0.15, 0.2) is 18.2 Å². The van der Waals surface area contributed by atoms with E-state index in [0.717, 1.165) is 6.07 Å². The van der Waals surface area contributed by atoms with Crippen LogP contribution in [-0.4, -0.2) is 17.1 Å². The lowest BCUT2D eigenvalue weighted by atomic mass is 10.2. The van der Waals surface area contributed by atoms with Gasteiger partial charge in [-0.2, -0.15) is 4.94 Å². The summed E-state index contributed by atoms with van der Waals surface area (Å²) in [6.07, 6.45) is 0. The molecule has 10 heteroatoms. The van der Waals surface area contributed by atoms with Crippen LogP contribution in [0.25, 0.3) is 0 Å². The van der Waals surface area contributed by atoms with Gasteiger partial charge in [0.1, 0.15) is 0 Å². The van der Waals surface area contributed by atoms with Gasteiger partial charge in [0, 0.05) is 6.07 Å². The van der Waals surface area contributed by atoms with Crippen molar-refractivity contribution in [2.75, 3.05) is 12.3 Å². The number of hydrogen-bond acceptors (Lipinski definition) is 8. The molecule has 17 heavy (non-hydrogen) atoms. The van der Waals surface area contributed by atoms with Gasteiger partial charge in [-0.05, 0) is 6.07 Å². The molecule has 0 saturated heterocycles. The van der Waals surface area contributed by atoms with Gasteiger partial charge in [0.25, 0.3) is 5.69 Å². The maximum absolute atomic E-state index is 10.7. The zero-order chi connectivity index (χ0) is 13.0. The van der Waals surface area contributed by atoms with Crippen LogP contribution >= 0.6 is 0 Å². The van der Waals surface area contributed by atoms with E-state index in [1.54, 1.807) is 0 Å². The highest BCUT2D eigenvalue weighted by Crippen LogP contribution is 2.35. The Morgan fingerprint density at radius 3 is 2.47 bits per heavy atom. The molecular formula is C7H8N4O6. The highest BCUT2D eigenvalue weighted by molar-refractivity contribution is 5.69. The molecule has 0 spiro atoms. The first-order chi connectivity index (χ1) is 7.97. The zero-order valence-electron chi connectivity index (χ0n) is 8.60. The summed E-state index contributed by atoms with van der Waals surface area (Å²) in [5.41, 5.74) is -0.828. The first-order valence-electron chi connectivity index (χ1n) is 4.16. The molecule has 0 aliphatic carbocycles. The summed E-state index contributed by atoms with van der Waals surface area (Å²) in [5, 5.41) is 19.8. The molecule has 1 rings (SSSR count). The van der Waals surface area contributed by atoms with Crippen LogP contribution in [0.4, 0.5) is 11.4 Å². The molecule has 2 N–H and O–H groups in total. The maximum atomic E-state index is 10.7. The van der Waals surface area contributed by atoms with Crippen LogP contribution in [-0.2, 0) is 4.94 Å². The van der Waals surface area contributed by atoms with Gasteiger partial charge in [-0.15, -0.1) is 15.3 Å². The molecule has 92 valence electrons. The molecule has 0 aliphatic rings. The van der Waals surface area contributed by atoms with Crippen LogP contribution in [0.3, 0.4) is 0 Å². The number of nitrogens with zero attached hydrogens (tertiary/aromatic N) is 3. The fourth-order valence-corrected chi connectivity index (χ4v) is 1.16. The molecule has 0 aromatic heterocycles. The third kappa shape index (κ3) is 2.69. The Labute approximate surface area is 94.3 Å². The van der Waals surface area contributed by atoms with Gasteiger partial charge in [-0.3, -0.25) is 10.1 Å². The maximum Gasteiger partial charge on any atom is 0.318 e. The van der Waals surface area contributed by atoms with E-state index in [1.165, 1.54) is 19.2 Å². The first kappa shape index (κ1) is 12.4. The number of anilines is 1. The number of nitro groups is 1. The summed E-state index contributed by atoms with van der Waals surface area (Å²) in [7, 11) is 1.24. The van der Waals surface area contributed by atoms with Gasteiger partial charge >= 0.3 is 5.09 Å². The number of para-hydroxylation sites is 1. The number of hydrazine groups is 1. The fourth-order valence-electron chi connectivity index (χ4n) is 1.16. The lowest BCUT2D eigenvalue weighted by Gasteiger charge is -2.16. The number of nitro benzene ring substituents is 1. The Bertz CT molecular complexity index is 450. The molecule has 10 nitrogen and oxygen atoms in total. The van der Waals surface area contributed by atoms with Crippen molar-refractivity contribution >= 4 is 11.4 Å². The van der Waals surface area contributed by atoms with E-state index in [0.29, 0.717) is 0 Å². The summed E-state index contributed by atoms with van der Waals surface area (Å²) in [6, 6.07) is 3.81. The standard InChI is InChI=1S/C7H8N4O6/c1-16-6-4-2-3-5(10(12)13)7(6)9(8)17-11(14)15/h2-4H,8H2,1H3. The number of rotatable bonds is 5. The number of hydrogen-bond donors (Lipinski definition) is 1. The van der Waals surface area contributed by atoms with E-state index in [9.17, 15) is 20.2 Å². The van der Waals surface area contributed by atoms with Gasteiger partial charge in [0.15, 0.2) is 5.75 Å². The normalized spacial score (nSPS) is 9.53. The first-order valence-corrected chi connectivity index (χ1v) is 4.16. The molecular weight excluding hydrogens is 236 g/mol. The van der Waals surface area contributed by atoms with Crippen LogP contribution in [0.5, 0.6) is 5.75 Å². The largest absolute Gasteiger partial charge is 0.494 e. The van der Waals surface area contributed by atoms with Crippen molar-refractivity contribution in [3.05, 3.63) is 38.4 Å². The van der Waals surface area contributed by atoms with Crippen molar-refractivity contribution in [2.45, 2.75) is 0 Å². The lowest BCUT2D eigenvalue weighted by molar-refractivity contribution is -0.762. The summed E-state index contributed by atoms with van der Waals surface area (Å²) in [4.78, 5) is 24.0. The van der Waals surface area contributed by atoms with Crippen molar-refractivity contribution < 1.29 is 19.7 Å². The monoisotopic (exact) mass is 244 g/mol. The van der Waals surface area contributed by atoms with Crippen molar-refractivity contribution in [3.63, 3.8) is 0 Å². The molecule has 0 atom stereocenters. The van der Waals surface area contributed by atoms with Gasteiger partial charge in [0.2, 0.25) is 5.69 Å². The quantitative estimate of drug-likeness (QED) is 0.447. The Kier molecular flexibility index (Phi) is 3.62. The van der Waals surface area contributed by atoms with Gasteiger partial charge in [0.05, 0.1) is 12.0 Å². The Balaban J connectivity index is 3.26. The van der Waals surface area contributed by atoms with Crippen LogP contribution < -0.4 is 15.8 Å². The van der Waals surface area contributed by atoms with Gasteiger partial charge in [-0.1, -0.05) is 6.07 Å². The molecule has 0 amide bonds. The van der Waals surface area contributed by atoms with Crippen molar-refractivity contribution in [3.8, 4) is 5.75 Å². The SMILES string of the molecule is COc1cccc([N+](=O)[O-])c1N(N)O[N+](=O)[O-]. The van der Waals surface area contributed by atoms with Crippen molar-refractivity contribution in [2.24, 2.45) is 5.84 Å². The zero-order valence-corrected chi connectivity index (χ0v) is 8.60. The molecule has 0 bridgehead atoms. The topological polar surface area (TPSA) is 134 Å². The predicted octanol–water partition coefficient (Wildman–Crippen LogP) is 0.407. The third-order valence-electron chi connectivity index (χ3n) is 1.77.